The predicted octanol–water partition coefficient (Wildman–Crippen LogP) is 2.43. The molecular formula is C14H19F2NO2. The molecule has 5 heteroatoms. The van der Waals surface area contributed by atoms with E-state index in [1.54, 1.807) is 13.8 Å². The zero-order valence-corrected chi connectivity index (χ0v) is 11.2. The summed E-state index contributed by atoms with van der Waals surface area (Å²) >= 11 is 0. The van der Waals surface area contributed by atoms with Crippen LogP contribution in [-0.2, 0) is 16.0 Å². The monoisotopic (exact) mass is 271 g/mol. The molecule has 1 aromatic carbocycles. The minimum Gasteiger partial charge on any atom is -0.466 e. The van der Waals surface area contributed by atoms with E-state index in [2.05, 4.69) is 0 Å². The number of esters is 1. The summed E-state index contributed by atoms with van der Waals surface area (Å²) < 4.78 is 32.3. The molecule has 0 spiro atoms. The van der Waals surface area contributed by atoms with Gasteiger partial charge in [0.2, 0.25) is 0 Å². The fourth-order valence-corrected chi connectivity index (χ4v) is 1.97. The zero-order valence-electron chi connectivity index (χ0n) is 11.2. The maximum atomic E-state index is 13.7. The average molecular weight is 271 g/mol. The molecule has 0 aliphatic rings. The maximum Gasteiger partial charge on any atom is 0.313 e. The second-order valence-corrected chi connectivity index (χ2v) is 4.44. The molecule has 3 nitrogen and oxygen atoms in total. The van der Waals surface area contributed by atoms with Crippen molar-refractivity contribution < 1.29 is 18.3 Å². The van der Waals surface area contributed by atoms with Gasteiger partial charge >= 0.3 is 5.97 Å². The van der Waals surface area contributed by atoms with Crippen molar-refractivity contribution in [1.82, 2.24) is 0 Å². The standard InChI is InChI=1S/C14H19F2NO2/c1-3-14(9-17,13(18)19-4-2)8-10-11(15)6-5-7-12(10)16/h5-7H,3-4,8-9,17H2,1-2H3. The summed E-state index contributed by atoms with van der Waals surface area (Å²) in [5, 5.41) is 0. The number of carbonyl (C=O) groups is 1. The number of ether oxygens (including phenoxy) is 1. The first-order valence-electron chi connectivity index (χ1n) is 6.31. The van der Waals surface area contributed by atoms with Gasteiger partial charge in [-0.2, -0.15) is 0 Å². The molecule has 1 aromatic rings. The van der Waals surface area contributed by atoms with Crippen LogP contribution in [-0.4, -0.2) is 19.1 Å². The quantitative estimate of drug-likeness (QED) is 0.808. The highest BCUT2D eigenvalue weighted by molar-refractivity contribution is 5.77. The van der Waals surface area contributed by atoms with Crippen LogP contribution in [0.3, 0.4) is 0 Å². The van der Waals surface area contributed by atoms with Gasteiger partial charge in [-0.1, -0.05) is 13.0 Å². The lowest BCUT2D eigenvalue weighted by Gasteiger charge is -2.29. The molecule has 1 unspecified atom stereocenters. The average Bonchev–Trinajstić information content (AvgIpc) is 2.39. The molecule has 1 atom stereocenters. The fourth-order valence-electron chi connectivity index (χ4n) is 1.97. The van der Waals surface area contributed by atoms with Crippen LogP contribution in [0.1, 0.15) is 25.8 Å². The number of benzene rings is 1. The van der Waals surface area contributed by atoms with Gasteiger partial charge in [-0.15, -0.1) is 0 Å². The van der Waals surface area contributed by atoms with Gasteiger partial charge in [0.1, 0.15) is 11.6 Å². The van der Waals surface area contributed by atoms with E-state index in [-0.39, 0.29) is 25.1 Å². The Hall–Kier alpha value is -1.49. The zero-order chi connectivity index (χ0) is 14.5. The molecule has 19 heavy (non-hydrogen) atoms. The van der Waals surface area contributed by atoms with Crippen LogP contribution in [0.5, 0.6) is 0 Å². The largest absolute Gasteiger partial charge is 0.466 e. The smallest absolute Gasteiger partial charge is 0.313 e. The number of rotatable bonds is 6. The maximum absolute atomic E-state index is 13.7. The lowest BCUT2D eigenvalue weighted by Crippen LogP contribution is -2.42. The van der Waals surface area contributed by atoms with Crippen LogP contribution in [0.2, 0.25) is 0 Å². The number of nitrogens with two attached hydrogens (primary N) is 1. The van der Waals surface area contributed by atoms with E-state index in [0.717, 1.165) is 0 Å². The van der Waals surface area contributed by atoms with Gasteiger partial charge in [0, 0.05) is 12.1 Å². The molecule has 0 fully saturated rings. The summed E-state index contributed by atoms with van der Waals surface area (Å²) in [5.41, 5.74) is 4.45. The van der Waals surface area contributed by atoms with E-state index < -0.39 is 23.0 Å². The lowest BCUT2D eigenvalue weighted by atomic mass is 9.79. The van der Waals surface area contributed by atoms with Crippen LogP contribution in [0, 0.1) is 17.0 Å². The minimum atomic E-state index is -1.08. The summed E-state index contributed by atoms with van der Waals surface area (Å²) in [7, 11) is 0. The minimum absolute atomic E-state index is 0.0178. The van der Waals surface area contributed by atoms with Gasteiger partial charge in [-0.05, 0) is 31.9 Å². The molecule has 0 aliphatic heterocycles. The molecule has 0 amide bonds. The highest BCUT2D eigenvalue weighted by Gasteiger charge is 2.38. The first-order chi connectivity index (χ1) is 9.00. The Morgan fingerprint density at radius 1 is 1.32 bits per heavy atom. The van der Waals surface area contributed by atoms with Crippen molar-refractivity contribution in [3.05, 3.63) is 35.4 Å². The van der Waals surface area contributed by atoms with Crippen molar-refractivity contribution >= 4 is 5.97 Å². The Morgan fingerprint density at radius 3 is 2.32 bits per heavy atom. The van der Waals surface area contributed by atoms with Crippen LogP contribution in [0.4, 0.5) is 8.78 Å². The van der Waals surface area contributed by atoms with E-state index in [4.69, 9.17) is 10.5 Å². The first kappa shape index (κ1) is 15.6. The van der Waals surface area contributed by atoms with Gasteiger partial charge in [0.25, 0.3) is 0 Å². The van der Waals surface area contributed by atoms with Crippen molar-refractivity contribution in [2.45, 2.75) is 26.7 Å². The van der Waals surface area contributed by atoms with Crippen molar-refractivity contribution in [3.8, 4) is 0 Å². The van der Waals surface area contributed by atoms with E-state index in [1.165, 1.54) is 18.2 Å². The normalized spacial score (nSPS) is 13.9. The summed E-state index contributed by atoms with van der Waals surface area (Å²) in [5.74, 6) is -1.85. The van der Waals surface area contributed by atoms with Crippen molar-refractivity contribution in [3.63, 3.8) is 0 Å². The third-order valence-electron chi connectivity index (χ3n) is 3.35. The van der Waals surface area contributed by atoms with Gasteiger partial charge in [0.15, 0.2) is 0 Å². The second-order valence-electron chi connectivity index (χ2n) is 4.44. The van der Waals surface area contributed by atoms with Gasteiger partial charge in [-0.3, -0.25) is 4.79 Å². The Morgan fingerprint density at radius 2 is 1.89 bits per heavy atom. The third-order valence-corrected chi connectivity index (χ3v) is 3.35. The molecule has 0 bridgehead atoms. The Balaban J connectivity index is 3.11. The van der Waals surface area contributed by atoms with E-state index in [1.807, 2.05) is 0 Å². The molecule has 0 heterocycles. The molecule has 0 aromatic heterocycles. The Labute approximate surface area is 111 Å². The molecule has 0 saturated carbocycles. The van der Waals surface area contributed by atoms with Crippen LogP contribution in [0.15, 0.2) is 18.2 Å². The van der Waals surface area contributed by atoms with Crippen molar-refractivity contribution in [1.29, 1.82) is 0 Å². The molecule has 2 N–H and O–H groups in total. The van der Waals surface area contributed by atoms with Crippen molar-refractivity contribution in [2.24, 2.45) is 11.1 Å². The number of halogens is 2. The van der Waals surface area contributed by atoms with Gasteiger partial charge in [-0.25, -0.2) is 8.78 Å². The first-order valence-corrected chi connectivity index (χ1v) is 6.31. The summed E-state index contributed by atoms with van der Waals surface area (Å²) in [6.07, 6.45) is 0.257. The van der Waals surface area contributed by atoms with E-state index in [0.29, 0.717) is 6.42 Å². The van der Waals surface area contributed by atoms with Gasteiger partial charge in [0.05, 0.1) is 12.0 Å². The van der Waals surface area contributed by atoms with Crippen LogP contribution < -0.4 is 5.73 Å². The number of hydrogen-bond acceptors (Lipinski definition) is 3. The highest BCUT2D eigenvalue weighted by Crippen LogP contribution is 2.30. The molecule has 0 saturated heterocycles. The number of carbonyl (C=O) groups excluding carboxylic acids is 1. The van der Waals surface area contributed by atoms with Gasteiger partial charge < -0.3 is 10.5 Å². The van der Waals surface area contributed by atoms with Crippen LogP contribution >= 0.6 is 0 Å². The molecule has 0 aliphatic carbocycles. The summed E-state index contributed by atoms with van der Waals surface area (Å²) in [4.78, 5) is 12.0. The topological polar surface area (TPSA) is 52.3 Å². The molecule has 1 rings (SSSR count). The molecule has 106 valence electrons. The molecular weight excluding hydrogens is 252 g/mol. The second kappa shape index (κ2) is 6.61. The van der Waals surface area contributed by atoms with E-state index >= 15 is 0 Å². The Kier molecular flexibility index (Phi) is 5.42. The van der Waals surface area contributed by atoms with Crippen molar-refractivity contribution in [2.75, 3.05) is 13.2 Å². The van der Waals surface area contributed by atoms with Crippen LogP contribution in [0.25, 0.3) is 0 Å². The lowest BCUT2D eigenvalue weighted by molar-refractivity contribution is -0.155. The Bertz CT molecular complexity index is 425. The predicted molar refractivity (Wildman–Crippen MR) is 68.5 cm³/mol. The number of hydrogen-bond donors (Lipinski definition) is 1. The third kappa shape index (κ3) is 3.29. The van der Waals surface area contributed by atoms with E-state index in [9.17, 15) is 13.6 Å². The summed E-state index contributed by atoms with van der Waals surface area (Å²) in [6, 6.07) is 3.62. The summed E-state index contributed by atoms with van der Waals surface area (Å²) in [6.45, 7) is 3.62. The molecule has 0 radical (unpaired) electrons. The fraction of sp³-hybridized carbons (Fsp3) is 0.500. The SMILES string of the molecule is CCOC(=O)C(CC)(CN)Cc1c(F)cccc1F. The highest BCUT2D eigenvalue weighted by atomic mass is 19.1.